The van der Waals surface area contributed by atoms with Gasteiger partial charge in [0.1, 0.15) is 12.0 Å². The molecule has 0 radical (unpaired) electrons. The molecule has 3 nitrogen and oxygen atoms in total. The average molecular weight is 350 g/mol. The minimum absolute atomic E-state index is 0.000943. The SMILES string of the molecule is COC(=O)[C@]1(C)CCC[C@@]2(C)[C@@H]3CC[C@@H]4C[C@]3(C(=O)[C@@H]4C)[C@@H](F)C[C@@H]21. The first-order chi connectivity index (χ1) is 11.7. The molecule has 4 rings (SSSR count). The van der Waals surface area contributed by atoms with E-state index >= 15 is 4.39 Å². The summed E-state index contributed by atoms with van der Waals surface area (Å²) < 4.78 is 20.8. The standard InChI is InChI=1S/C21H31FO3/c1-12-13-6-7-14-19(2)8-5-9-20(3,18(24)25-4)15(19)10-16(22)21(14,11-13)17(12)23/h12-16H,5-11H2,1-4H3/t12-,13-,14+,15+,16+,19+,20-,21-/m1/s1. The highest BCUT2D eigenvalue weighted by Gasteiger charge is 2.72. The number of halogens is 1. The minimum Gasteiger partial charge on any atom is -0.469 e. The van der Waals surface area contributed by atoms with Crippen molar-refractivity contribution >= 4 is 11.8 Å². The molecule has 4 aliphatic carbocycles. The van der Waals surface area contributed by atoms with Gasteiger partial charge >= 0.3 is 5.97 Å². The van der Waals surface area contributed by atoms with E-state index in [1.807, 2.05) is 13.8 Å². The van der Waals surface area contributed by atoms with Gasteiger partial charge in [0.25, 0.3) is 0 Å². The smallest absolute Gasteiger partial charge is 0.311 e. The summed E-state index contributed by atoms with van der Waals surface area (Å²) in [5.74, 6) is 0.374. The van der Waals surface area contributed by atoms with Gasteiger partial charge < -0.3 is 4.74 Å². The molecular formula is C21H31FO3. The number of rotatable bonds is 1. The number of esters is 1. The Morgan fingerprint density at radius 1 is 1.20 bits per heavy atom. The van der Waals surface area contributed by atoms with Crippen LogP contribution in [0.4, 0.5) is 4.39 Å². The first kappa shape index (κ1) is 17.5. The summed E-state index contributed by atoms with van der Waals surface area (Å²) in [5, 5.41) is 0. The van der Waals surface area contributed by atoms with Crippen molar-refractivity contribution in [1.29, 1.82) is 0 Å². The highest BCUT2D eigenvalue weighted by molar-refractivity contribution is 5.91. The number of hydrogen-bond donors (Lipinski definition) is 0. The summed E-state index contributed by atoms with van der Waals surface area (Å²) in [6.07, 6.45) is 4.64. The van der Waals surface area contributed by atoms with E-state index in [-0.39, 0.29) is 34.9 Å². The van der Waals surface area contributed by atoms with Gasteiger partial charge in [0.2, 0.25) is 0 Å². The van der Waals surface area contributed by atoms with Gasteiger partial charge in [0.05, 0.1) is 17.9 Å². The Morgan fingerprint density at radius 2 is 1.92 bits per heavy atom. The third-order valence-corrected chi connectivity index (χ3v) is 9.05. The third kappa shape index (κ3) is 1.92. The molecule has 4 saturated carbocycles. The largest absolute Gasteiger partial charge is 0.469 e. The van der Waals surface area contributed by atoms with Gasteiger partial charge in [-0.2, -0.15) is 0 Å². The Bertz CT molecular complexity index is 618. The maximum Gasteiger partial charge on any atom is 0.311 e. The molecule has 0 aliphatic heterocycles. The van der Waals surface area contributed by atoms with Crippen molar-refractivity contribution in [1.82, 2.24) is 0 Å². The Morgan fingerprint density at radius 3 is 2.60 bits per heavy atom. The van der Waals surface area contributed by atoms with E-state index in [9.17, 15) is 9.59 Å². The zero-order valence-corrected chi connectivity index (χ0v) is 15.9. The molecule has 0 aromatic heterocycles. The lowest BCUT2D eigenvalue weighted by Gasteiger charge is -2.63. The Kier molecular flexibility index (Phi) is 3.70. The van der Waals surface area contributed by atoms with Gasteiger partial charge in [-0.15, -0.1) is 0 Å². The molecule has 4 aliphatic rings. The van der Waals surface area contributed by atoms with Crippen LogP contribution < -0.4 is 0 Å². The number of methoxy groups -OCH3 is 1. The quantitative estimate of drug-likeness (QED) is 0.661. The topological polar surface area (TPSA) is 43.4 Å². The summed E-state index contributed by atoms with van der Waals surface area (Å²) in [6.45, 7) is 6.22. The Hall–Kier alpha value is -0.930. The highest BCUT2D eigenvalue weighted by atomic mass is 19.1. The van der Waals surface area contributed by atoms with Crippen LogP contribution in [0.1, 0.15) is 65.7 Å². The molecule has 0 amide bonds. The van der Waals surface area contributed by atoms with E-state index in [0.717, 1.165) is 38.5 Å². The van der Waals surface area contributed by atoms with Crippen LogP contribution in [0.15, 0.2) is 0 Å². The van der Waals surface area contributed by atoms with Crippen LogP contribution in [-0.2, 0) is 14.3 Å². The number of hydrogen-bond acceptors (Lipinski definition) is 3. The van der Waals surface area contributed by atoms with E-state index in [1.54, 1.807) is 0 Å². The lowest BCUT2D eigenvalue weighted by molar-refractivity contribution is -0.198. The summed E-state index contributed by atoms with van der Waals surface area (Å²) in [4.78, 5) is 25.8. The van der Waals surface area contributed by atoms with Crippen molar-refractivity contribution in [2.24, 2.45) is 39.9 Å². The summed E-state index contributed by atoms with van der Waals surface area (Å²) in [7, 11) is 1.43. The summed E-state index contributed by atoms with van der Waals surface area (Å²) in [6, 6.07) is 0. The van der Waals surface area contributed by atoms with E-state index in [2.05, 4.69) is 6.92 Å². The lowest BCUT2D eigenvalue weighted by Crippen LogP contribution is -2.63. The second kappa shape index (κ2) is 5.29. The van der Waals surface area contributed by atoms with E-state index in [0.29, 0.717) is 12.3 Å². The average Bonchev–Trinajstić information content (AvgIpc) is 2.78. The Labute approximate surface area is 150 Å². The van der Waals surface area contributed by atoms with Crippen LogP contribution in [0.2, 0.25) is 0 Å². The Balaban J connectivity index is 1.81. The van der Waals surface area contributed by atoms with E-state index in [4.69, 9.17) is 4.74 Å². The van der Waals surface area contributed by atoms with Crippen molar-refractivity contribution in [2.75, 3.05) is 7.11 Å². The predicted molar refractivity (Wildman–Crippen MR) is 92.5 cm³/mol. The molecule has 0 N–H and O–H groups in total. The number of fused-ring (bicyclic) bond motifs is 3. The number of carbonyl (C=O) groups is 2. The van der Waals surface area contributed by atoms with Crippen LogP contribution in [0.25, 0.3) is 0 Å². The fourth-order valence-electron chi connectivity index (χ4n) is 7.83. The van der Waals surface area contributed by atoms with Gasteiger partial charge in [0, 0.05) is 5.92 Å². The van der Waals surface area contributed by atoms with Crippen molar-refractivity contribution in [3.05, 3.63) is 0 Å². The lowest BCUT2D eigenvalue weighted by atomic mass is 9.40. The highest BCUT2D eigenvalue weighted by Crippen LogP contribution is 2.71. The molecule has 4 fully saturated rings. The first-order valence-corrected chi connectivity index (χ1v) is 9.98. The van der Waals surface area contributed by atoms with Gasteiger partial charge in [-0.3, -0.25) is 9.59 Å². The number of ether oxygens (including phenoxy) is 1. The minimum atomic E-state index is -1.11. The fraction of sp³-hybridized carbons (Fsp3) is 0.905. The van der Waals surface area contributed by atoms with Crippen LogP contribution in [-0.4, -0.2) is 25.0 Å². The molecular weight excluding hydrogens is 319 g/mol. The summed E-state index contributed by atoms with van der Waals surface area (Å²) in [5.41, 5.74) is -1.55. The van der Waals surface area contributed by atoms with Crippen LogP contribution in [0, 0.1) is 39.9 Å². The maximum atomic E-state index is 15.7. The zero-order chi connectivity index (χ0) is 18.2. The maximum absolute atomic E-state index is 15.7. The molecule has 140 valence electrons. The van der Waals surface area contributed by atoms with Gasteiger partial charge in [-0.05, 0) is 68.6 Å². The zero-order valence-electron chi connectivity index (χ0n) is 15.9. The molecule has 1 spiro atoms. The number of alkyl halides is 1. The second-order valence-corrected chi connectivity index (χ2v) is 9.81. The van der Waals surface area contributed by atoms with E-state index in [1.165, 1.54) is 7.11 Å². The van der Waals surface area contributed by atoms with Crippen LogP contribution in [0.5, 0.6) is 0 Å². The van der Waals surface area contributed by atoms with Gasteiger partial charge in [0.15, 0.2) is 0 Å². The molecule has 25 heavy (non-hydrogen) atoms. The molecule has 2 bridgehead atoms. The van der Waals surface area contributed by atoms with Crippen molar-refractivity contribution in [2.45, 2.75) is 71.9 Å². The molecule has 0 aromatic rings. The van der Waals surface area contributed by atoms with Gasteiger partial charge in [-0.1, -0.05) is 20.3 Å². The van der Waals surface area contributed by atoms with Crippen molar-refractivity contribution in [3.63, 3.8) is 0 Å². The molecule has 0 heterocycles. The monoisotopic (exact) mass is 350 g/mol. The summed E-state index contributed by atoms with van der Waals surface area (Å²) >= 11 is 0. The van der Waals surface area contributed by atoms with Crippen molar-refractivity contribution < 1.29 is 18.7 Å². The fourth-order valence-corrected chi connectivity index (χ4v) is 7.83. The molecule has 0 unspecified atom stereocenters. The molecule has 0 aromatic carbocycles. The third-order valence-electron chi connectivity index (χ3n) is 9.05. The van der Waals surface area contributed by atoms with E-state index < -0.39 is 17.0 Å². The van der Waals surface area contributed by atoms with Crippen LogP contribution in [0.3, 0.4) is 0 Å². The number of Topliss-reactive ketones (excluding diaryl/α,β-unsaturated/α-hetero) is 1. The number of ketones is 1. The number of carbonyl (C=O) groups excluding carboxylic acids is 2. The van der Waals surface area contributed by atoms with Crippen molar-refractivity contribution in [3.8, 4) is 0 Å². The first-order valence-electron chi connectivity index (χ1n) is 9.98. The van der Waals surface area contributed by atoms with Gasteiger partial charge in [-0.25, -0.2) is 4.39 Å². The molecule has 8 atom stereocenters. The second-order valence-electron chi connectivity index (χ2n) is 9.81. The predicted octanol–water partition coefficient (Wildman–Crippen LogP) is 4.34. The normalized spacial score (nSPS) is 54.6. The molecule has 4 heteroatoms. The molecule has 0 saturated heterocycles. The van der Waals surface area contributed by atoms with Crippen LogP contribution >= 0.6 is 0 Å².